The molecule has 4 nitrogen and oxygen atoms in total. The highest BCUT2D eigenvalue weighted by atomic mass is 15.3. The van der Waals surface area contributed by atoms with Crippen molar-refractivity contribution in [2.45, 2.75) is 38.3 Å². The smallest absolute Gasteiger partial charge is 0.0764 e. The Bertz CT molecular complexity index is 377. The molecule has 1 atom stereocenters. The van der Waals surface area contributed by atoms with Crippen LogP contribution in [0.4, 0.5) is 0 Å². The molecule has 1 unspecified atom stereocenters. The van der Waals surface area contributed by atoms with E-state index in [1.165, 1.54) is 51.0 Å². The zero-order valence-corrected chi connectivity index (χ0v) is 11.3. The van der Waals surface area contributed by atoms with Crippen molar-refractivity contribution < 1.29 is 0 Å². The Balaban J connectivity index is 1.57. The number of rotatable bonds is 5. The first-order chi connectivity index (χ1) is 8.81. The summed E-state index contributed by atoms with van der Waals surface area (Å²) in [6, 6.07) is 2.98. The molecule has 0 amide bonds. The maximum atomic E-state index is 4.51. The van der Waals surface area contributed by atoms with Crippen molar-refractivity contribution in [2.24, 2.45) is 13.0 Å². The van der Waals surface area contributed by atoms with Crippen LogP contribution in [0.1, 0.15) is 31.4 Å². The van der Waals surface area contributed by atoms with Gasteiger partial charge >= 0.3 is 0 Å². The van der Waals surface area contributed by atoms with E-state index in [0.717, 1.165) is 18.5 Å². The van der Waals surface area contributed by atoms with Crippen LogP contribution in [-0.2, 0) is 13.6 Å². The fourth-order valence-electron chi connectivity index (χ4n) is 2.95. The molecule has 2 aliphatic rings. The third kappa shape index (κ3) is 3.12. The van der Waals surface area contributed by atoms with E-state index < -0.39 is 0 Å². The summed E-state index contributed by atoms with van der Waals surface area (Å²) in [6.45, 7) is 4.68. The minimum Gasteiger partial charge on any atom is -0.316 e. The number of aryl methyl sites for hydroxylation is 1. The number of piperidine rings is 1. The summed E-state index contributed by atoms with van der Waals surface area (Å²) < 4.78 is 1.91. The maximum Gasteiger partial charge on any atom is 0.0764 e. The SMILES string of the molecule is Cn1ccc(CN(CC2CCCNC2)C2CC2)n1. The average Bonchev–Trinajstić information content (AvgIpc) is 3.15. The summed E-state index contributed by atoms with van der Waals surface area (Å²) in [5, 5.41) is 8.03. The standard InChI is InChI=1S/C14H24N4/c1-17-8-6-13(16-17)11-18(14-4-5-14)10-12-3-2-7-15-9-12/h6,8,12,14-15H,2-5,7,9-11H2,1H3. The highest BCUT2D eigenvalue weighted by Crippen LogP contribution is 2.29. The molecule has 0 aromatic carbocycles. The van der Waals surface area contributed by atoms with Gasteiger partial charge < -0.3 is 5.32 Å². The van der Waals surface area contributed by atoms with Gasteiger partial charge in [0.1, 0.15) is 0 Å². The van der Waals surface area contributed by atoms with Crippen LogP contribution in [0.3, 0.4) is 0 Å². The van der Waals surface area contributed by atoms with E-state index in [-0.39, 0.29) is 0 Å². The first-order valence-corrected chi connectivity index (χ1v) is 7.24. The Morgan fingerprint density at radius 3 is 2.94 bits per heavy atom. The van der Waals surface area contributed by atoms with Crippen molar-refractivity contribution in [1.29, 1.82) is 0 Å². The molecule has 0 bridgehead atoms. The van der Waals surface area contributed by atoms with Gasteiger partial charge in [-0.3, -0.25) is 9.58 Å². The summed E-state index contributed by atoms with van der Waals surface area (Å²) in [4.78, 5) is 2.65. The molecule has 2 fully saturated rings. The van der Waals surface area contributed by atoms with E-state index in [2.05, 4.69) is 21.4 Å². The summed E-state index contributed by atoms with van der Waals surface area (Å²) in [5.41, 5.74) is 1.22. The van der Waals surface area contributed by atoms with Crippen molar-refractivity contribution in [2.75, 3.05) is 19.6 Å². The Kier molecular flexibility index (Phi) is 3.66. The number of hydrogen-bond donors (Lipinski definition) is 1. The Morgan fingerprint density at radius 1 is 1.44 bits per heavy atom. The summed E-state index contributed by atoms with van der Waals surface area (Å²) in [5.74, 6) is 0.836. The Hall–Kier alpha value is -0.870. The van der Waals surface area contributed by atoms with E-state index >= 15 is 0 Å². The van der Waals surface area contributed by atoms with Gasteiger partial charge in [-0.05, 0) is 50.8 Å². The van der Waals surface area contributed by atoms with Gasteiger partial charge in [0.25, 0.3) is 0 Å². The van der Waals surface area contributed by atoms with Crippen LogP contribution in [0.2, 0.25) is 0 Å². The lowest BCUT2D eigenvalue weighted by molar-refractivity contribution is 0.190. The van der Waals surface area contributed by atoms with Crippen LogP contribution < -0.4 is 5.32 Å². The lowest BCUT2D eigenvalue weighted by Crippen LogP contribution is -2.39. The molecular weight excluding hydrogens is 224 g/mol. The number of nitrogens with zero attached hydrogens (tertiary/aromatic N) is 3. The molecule has 1 saturated heterocycles. The minimum atomic E-state index is 0.828. The molecule has 18 heavy (non-hydrogen) atoms. The third-order valence-electron chi connectivity index (χ3n) is 4.09. The number of hydrogen-bond acceptors (Lipinski definition) is 3. The first-order valence-electron chi connectivity index (χ1n) is 7.24. The average molecular weight is 248 g/mol. The molecule has 0 radical (unpaired) electrons. The second kappa shape index (κ2) is 5.41. The molecular formula is C14H24N4. The highest BCUT2D eigenvalue weighted by molar-refractivity contribution is 5.00. The highest BCUT2D eigenvalue weighted by Gasteiger charge is 2.31. The van der Waals surface area contributed by atoms with E-state index in [0.29, 0.717) is 0 Å². The number of aromatic nitrogens is 2. The van der Waals surface area contributed by atoms with Gasteiger partial charge in [-0.15, -0.1) is 0 Å². The van der Waals surface area contributed by atoms with Crippen molar-refractivity contribution in [3.05, 3.63) is 18.0 Å². The molecule has 1 N–H and O–H groups in total. The molecule has 0 spiro atoms. The van der Waals surface area contributed by atoms with Gasteiger partial charge in [0.05, 0.1) is 5.69 Å². The van der Waals surface area contributed by atoms with Crippen molar-refractivity contribution >= 4 is 0 Å². The second-order valence-electron chi connectivity index (χ2n) is 5.85. The molecule has 1 aromatic heterocycles. The maximum absolute atomic E-state index is 4.51. The molecule has 100 valence electrons. The van der Waals surface area contributed by atoms with Crippen LogP contribution in [0, 0.1) is 5.92 Å². The van der Waals surface area contributed by atoms with Gasteiger partial charge in [-0.1, -0.05) is 0 Å². The molecule has 1 aromatic rings. The van der Waals surface area contributed by atoms with Gasteiger partial charge in [0, 0.05) is 32.4 Å². The van der Waals surface area contributed by atoms with Gasteiger partial charge in [0.2, 0.25) is 0 Å². The van der Waals surface area contributed by atoms with Gasteiger partial charge in [-0.25, -0.2) is 0 Å². The summed E-state index contributed by atoms with van der Waals surface area (Å²) in [6.07, 6.45) is 7.54. The predicted molar refractivity (Wildman–Crippen MR) is 72.2 cm³/mol. The predicted octanol–water partition coefficient (Wildman–Crippen LogP) is 1.38. The molecule has 1 saturated carbocycles. The topological polar surface area (TPSA) is 33.1 Å². The van der Waals surface area contributed by atoms with Crippen LogP contribution in [0.5, 0.6) is 0 Å². The van der Waals surface area contributed by atoms with Crippen LogP contribution >= 0.6 is 0 Å². The Morgan fingerprint density at radius 2 is 2.33 bits per heavy atom. The quantitative estimate of drug-likeness (QED) is 0.854. The van der Waals surface area contributed by atoms with Crippen molar-refractivity contribution in [3.8, 4) is 0 Å². The fraction of sp³-hybridized carbons (Fsp3) is 0.786. The lowest BCUT2D eigenvalue weighted by atomic mass is 9.99. The summed E-state index contributed by atoms with van der Waals surface area (Å²) in [7, 11) is 2.00. The molecule has 1 aliphatic heterocycles. The molecule has 4 heteroatoms. The van der Waals surface area contributed by atoms with Crippen molar-refractivity contribution in [1.82, 2.24) is 20.0 Å². The molecule has 1 aliphatic carbocycles. The third-order valence-corrected chi connectivity index (χ3v) is 4.09. The first kappa shape index (κ1) is 12.2. The van der Waals surface area contributed by atoms with Crippen LogP contribution in [0.15, 0.2) is 12.3 Å². The minimum absolute atomic E-state index is 0.828. The van der Waals surface area contributed by atoms with E-state index in [1.807, 2.05) is 17.9 Å². The fourth-order valence-corrected chi connectivity index (χ4v) is 2.95. The van der Waals surface area contributed by atoms with Gasteiger partial charge in [-0.2, -0.15) is 5.10 Å². The Labute approximate surface area is 109 Å². The monoisotopic (exact) mass is 248 g/mol. The normalized spacial score (nSPS) is 24.7. The largest absolute Gasteiger partial charge is 0.316 e. The van der Waals surface area contributed by atoms with Crippen LogP contribution in [-0.4, -0.2) is 40.4 Å². The van der Waals surface area contributed by atoms with Gasteiger partial charge in [0.15, 0.2) is 0 Å². The van der Waals surface area contributed by atoms with Crippen molar-refractivity contribution in [3.63, 3.8) is 0 Å². The van der Waals surface area contributed by atoms with E-state index in [1.54, 1.807) is 0 Å². The van der Waals surface area contributed by atoms with Crippen LogP contribution in [0.25, 0.3) is 0 Å². The lowest BCUT2D eigenvalue weighted by Gasteiger charge is -2.29. The zero-order valence-electron chi connectivity index (χ0n) is 11.3. The molecule has 2 heterocycles. The second-order valence-corrected chi connectivity index (χ2v) is 5.85. The molecule has 3 rings (SSSR count). The van der Waals surface area contributed by atoms with E-state index in [4.69, 9.17) is 0 Å². The zero-order chi connectivity index (χ0) is 12.4. The number of nitrogens with one attached hydrogen (secondary N) is 1. The van der Waals surface area contributed by atoms with E-state index in [9.17, 15) is 0 Å². The summed E-state index contributed by atoms with van der Waals surface area (Å²) >= 11 is 0.